The van der Waals surface area contributed by atoms with E-state index in [0.717, 1.165) is 39.3 Å². The summed E-state index contributed by atoms with van der Waals surface area (Å²) in [5.41, 5.74) is 2.26. The Kier molecular flexibility index (Phi) is 5.48. The van der Waals surface area contributed by atoms with E-state index in [1.807, 2.05) is 24.3 Å². The van der Waals surface area contributed by atoms with E-state index in [-0.39, 0.29) is 0 Å². The van der Waals surface area contributed by atoms with Crippen LogP contribution in [0.1, 0.15) is 16.7 Å². The fraction of sp³-hybridized carbons (Fsp3) is 0.0769. The zero-order chi connectivity index (χ0) is 28.3. The molecule has 0 N–H and O–H groups in total. The molecule has 202 valence electrons. The number of fused-ring (bicyclic) bond motifs is 11. The first-order chi connectivity index (χ1) is 20.7. The van der Waals surface area contributed by atoms with Crippen molar-refractivity contribution in [1.82, 2.24) is 0 Å². The summed E-state index contributed by atoms with van der Waals surface area (Å²) in [6.07, 6.45) is 4.44. The Labute approximate surface area is 244 Å². The van der Waals surface area contributed by atoms with Gasteiger partial charge < -0.3 is 14.2 Å². The molecule has 0 spiro atoms. The summed E-state index contributed by atoms with van der Waals surface area (Å²) in [6, 6.07) is 42.4. The Morgan fingerprint density at radius 1 is 0.476 bits per heavy atom. The molecule has 0 saturated carbocycles. The first-order valence-corrected chi connectivity index (χ1v) is 14.2. The molecule has 0 aliphatic carbocycles. The maximum absolute atomic E-state index is 7.45. The molecule has 0 radical (unpaired) electrons. The van der Waals surface area contributed by atoms with Crippen LogP contribution < -0.4 is 14.2 Å². The van der Waals surface area contributed by atoms with E-state index >= 15 is 0 Å². The topological polar surface area (TPSA) is 27.7 Å². The molecule has 0 unspecified atom stereocenters. The van der Waals surface area contributed by atoms with E-state index in [1.54, 1.807) is 14.2 Å². The van der Waals surface area contributed by atoms with E-state index in [2.05, 4.69) is 109 Å². The van der Waals surface area contributed by atoms with E-state index in [9.17, 15) is 0 Å². The molecule has 1 heterocycles. The van der Waals surface area contributed by atoms with Gasteiger partial charge in [-0.25, -0.2) is 0 Å². The van der Waals surface area contributed by atoms with Crippen molar-refractivity contribution in [3.8, 4) is 17.2 Å². The molecule has 1 aliphatic rings. The van der Waals surface area contributed by atoms with Gasteiger partial charge in [0.05, 0.1) is 14.2 Å². The molecule has 1 aliphatic heterocycles. The fourth-order valence-corrected chi connectivity index (χ4v) is 6.67. The molecular weight excluding hydrogens is 516 g/mol. The summed E-state index contributed by atoms with van der Waals surface area (Å²) in [5, 5.41) is 9.62. The summed E-state index contributed by atoms with van der Waals surface area (Å²) in [6.45, 7) is 0. The predicted molar refractivity (Wildman–Crippen MR) is 173 cm³/mol. The van der Waals surface area contributed by atoms with Gasteiger partial charge in [0.15, 0.2) is 5.60 Å². The molecule has 7 aromatic carbocycles. The van der Waals surface area contributed by atoms with Crippen LogP contribution in [0.15, 0.2) is 127 Å². The lowest BCUT2D eigenvalue weighted by atomic mass is 9.81. The Hall–Kier alpha value is -5.28. The van der Waals surface area contributed by atoms with Crippen molar-refractivity contribution in [2.75, 3.05) is 14.2 Å². The molecule has 0 atom stereocenters. The standard InChI is InChI=1S/C39H28O3/c1-40-27-19-15-25(16-20-27)39(26-17-21-28(41-2)22-18-26)24-23-35-31-11-5-7-13-33(31)36-32-12-6-3-9-29(32)30-10-4-8-14-34(30)37(36)38(35)42-39/h3-24H,1-2H3. The van der Waals surface area contributed by atoms with Crippen molar-refractivity contribution in [3.63, 3.8) is 0 Å². The molecule has 3 nitrogen and oxygen atoms in total. The number of hydrogen-bond acceptors (Lipinski definition) is 3. The van der Waals surface area contributed by atoms with Gasteiger partial charge in [-0.1, -0.05) is 97.1 Å². The third-order valence-electron chi connectivity index (χ3n) is 8.68. The van der Waals surface area contributed by atoms with Gasteiger partial charge in [0.2, 0.25) is 0 Å². The predicted octanol–water partition coefficient (Wildman–Crippen LogP) is 9.67. The first kappa shape index (κ1) is 24.5. The van der Waals surface area contributed by atoms with Gasteiger partial charge in [0.1, 0.15) is 17.2 Å². The lowest BCUT2D eigenvalue weighted by molar-refractivity contribution is 0.164. The van der Waals surface area contributed by atoms with Crippen LogP contribution in [-0.2, 0) is 5.60 Å². The summed E-state index contributed by atoms with van der Waals surface area (Å²) < 4.78 is 18.5. The lowest BCUT2D eigenvalue weighted by Crippen LogP contribution is -2.34. The van der Waals surface area contributed by atoms with Crippen LogP contribution in [0.5, 0.6) is 17.2 Å². The third kappa shape index (κ3) is 3.47. The Morgan fingerprint density at radius 2 is 0.905 bits per heavy atom. The van der Waals surface area contributed by atoms with Gasteiger partial charge >= 0.3 is 0 Å². The maximum atomic E-state index is 7.45. The largest absolute Gasteiger partial charge is 0.497 e. The van der Waals surface area contributed by atoms with Gasteiger partial charge in [-0.3, -0.25) is 0 Å². The molecule has 0 bridgehead atoms. The van der Waals surface area contributed by atoms with Crippen molar-refractivity contribution in [1.29, 1.82) is 0 Å². The minimum absolute atomic E-state index is 0.803. The monoisotopic (exact) mass is 544 g/mol. The van der Waals surface area contributed by atoms with Gasteiger partial charge in [-0.05, 0) is 68.7 Å². The Bertz CT molecular complexity index is 2130. The van der Waals surface area contributed by atoms with Gasteiger partial charge in [0.25, 0.3) is 0 Å². The molecule has 3 heteroatoms. The molecule has 0 aromatic heterocycles. The Balaban J connectivity index is 1.52. The van der Waals surface area contributed by atoms with E-state index in [4.69, 9.17) is 14.2 Å². The second-order valence-corrected chi connectivity index (χ2v) is 10.8. The summed E-state index contributed by atoms with van der Waals surface area (Å²) >= 11 is 0. The normalized spacial score (nSPS) is 13.8. The highest BCUT2D eigenvalue weighted by molar-refractivity contribution is 6.34. The zero-order valence-electron chi connectivity index (χ0n) is 23.4. The highest BCUT2D eigenvalue weighted by Crippen LogP contribution is 2.51. The highest BCUT2D eigenvalue weighted by atomic mass is 16.5. The summed E-state index contributed by atoms with van der Waals surface area (Å²) in [7, 11) is 3.38. The molecule has 42 heavy (non-hydrogen) atoms. The summed E-state index contributed by atoms with van der Waals surface area (Å²) in [4.78, 5) is 0. The number of rotatable bonds is 4. The van der Waals surface area contributed by atoms with Gasteiger partial charge in [-0.2, -0.15) is 0 Å². The van der Waals surface area contributed by atoms with E-state index < -0.39 is 5.60 Å². The van der Waals surface area contributed by atoms with Crippen LogP contribution in [0.25, 0.3) is 49.2 Å². The van der Waals surface area contributed by atoms with Crippen LogP contribution in [0.3, 0.4) is 0 Å². The number of benzene rings is 7. The second kappa shape index (κ2) is 9.39. The van der Waals surface area contributed by atoms with Crippen LogP contribution in [0, 0.1) is 0 Å². The van der Waals surface area contributed by atoms with Crippen molar-refractivity contribution >= 4 is 49.2 Å². The molecule has 0 amide bonds. The first-order valence-electron chi connectivity index (χ1n) is 14.2. The third-order valence-corrected chi connectivity index (χ3v) is 8.68. The lowest BCUT2D eigenvalue weighted by Gasteiger charge is -2.37. The number of methoxy groups -OCH3 is 2. The molecule has 0 saturated heterocycles. The Morgan fingerprint density at radius 3 is 1.40 bits per heavy atom. The van der Waals surface area contributed by atoms with Crippen molar-refractivity contribution in [2.45, 2.75) is 5.60 Å². The fourth-order valence-electron chi connectivity index (χ4n) is 6.67. The van der Waals surface area contributed by atoms with Gasteiger partial charge in [0, 0.05) is 27.5 Å². The minimum atomic E-state index is -0.867. The van der Waals surface area contributed by atoms with Crippen molar-refractivity contribution < 1.29 is 14.2 Å². The molecule has 0 fully saturated rings. The van der Waals surface area contributed by atoms with Crippen LogP contribution in [-0.4, -0.2) is 14.2 Å². The molecule has 7 aromatic rings. The van der Waals surface area contributed by atoms with Crippen molar-refractivity contribution in [3.05, 3.63) is 144 Å². The number of hydrogen-bond donors (Lipinski definition) is 0. The van der Waals surface area contributed by atoms with Crippen LogP contribution in [0.2, 0.25) is 0 Å². The molecule has 8 rings (SSSR count). The van der Waals surface area contributed by atoms with Crippen LogP contribution in [0.4, 0.5) is 0 Å². The van der Waals surface area contributed by atoms with E-state index in [1.165, 1.54) is 37.7 Å². The average Bonchev–Trinajstić information content (AvgIpc) is 3.08. The zero-order valence-corrected chi connectivity index (χ0v) is 23.4. The quantitative estimate of drug-likeness (QED) is 0.207. The smallest absolute Gasteiger partial charge is 0.178 e. The second-order valence-electron chi connectivity index (χ2n) is 10.8. The summed E-state index contributed by atoms with van der Waals surface area (Å²) in [5.74, 6) is 2.50. The number of ether oxygens (including phenoxy) is 3. The van der Waals surface area contributed by atoms with E-state index in [0.29, 0.717) is 0 Å². The SMILES string of the molecule is COc1ccc(C2(c3ccc(OC)cc3)C=Cc3c(c4c5ccccc5c5ccccc5c4c4ccccc34)O2)cc1. The van der Waals surface area contributed by atoms with Crippen molar-refractivity contribution in [2.24, 2.45) is 0 Å². The maximum Gasteiger partial charge on any atom is 0.178 e. The van der Waals surface area contributed by atoms with Crippen LogP contribution >= 0.6 is 0 Å². The highest BCUT2D eigenvalue weighted by Gasteiger charge is 2.39. The van der Waals surface area contributed by atoms with Gasteiger partial charge in [-0.15, -0.1) is 0 Å². The molecular formula is C39H28O3. The average molecular weight is 545 g/mol. The minimum Gasteiger partial charge on any atom is -0.497 e.